The Morgan fingerprint density at radius 3 is 2.12 bits per heavy atom. The Morgan fingerprint density at radius 1 is 1.00 bits per heavy atom. The smallest absolute Gasteiger partial charge is 0.337 e. The summed E-state index contributed by atoms with van der Waals surface area (Å²) in [6.45, 7) is 12.1. The highest BCUT2D eigenvalue weighted by Gasteiger charge is 2.23. The van der Waals surface area contributed by atoms with Crippen LogP contribution in [0.3, 0.4) is 0 Å². The van der Waals surface area contributed by atoms with Crippen LogP contribution in [0, 0.1) is 5.41 Å². The summed E-state index contributed by atoms with van der Waals surface area (Å²) >= 11 is 0. The third kappa shape index (κ3) is 6.22. The predicted molar refractivity (Wildman–Crippen MR) is 92.4 cm³/mol. The van der Waals surface area contributed by atoms with Crippen LogP contribution < -0.4 is 4.74 Å². The minimum absolute atomic E-state index is 0.130. The average molecular weight is 336 g/mol. The van der Waals surface area contributed by atoms with Crippen LogP contribution in [0.15, 0.2) is 18.2 Å². The zero-order valence-electron chi connectivity index (χ0n) is 15.7. The highest BCUT2D eigenvalue weighted by atomic mass is 16.5. The number of carbonyl (C=O) groups is 2. The lowest BCUT2D eigenvalue weighted by atomic mass is 9.86. The summed E-state index contributed by atoms with van der Waals surface area (Å²) in [5, 5.41) is 0. The quantitative estimate of drug-likeness (QED) is 0.741. The van der Waals surface area contributed by atoms with Crippen molar-refractivity contribution in [2.24, 2.45) is 5.41 Å². The van der Waals surface area contributed by atoms with E-state index in [1.165, 1.54) is 14.0 Å². The van der Waals surface area contributed by atoms with Gasteiger partial charge in [-0.3, -0.25) is 4.79 Å². The van der Waals surface area contributed by atoms with Crippen molar-refractivity contribution in [2.75, 3.05) is 20.3 Å². The number of benzene rings is 1. The fraction of sp³-hybridized carbons (Fsp3) is 0.579. The molecule has 0 unspecified atom stereocenters. The SMILES string of the molecule is COC(=O)c1cc(OCC(C)(C)COC(C)=O)cc(C(C)(C)C)c1. The first-order valence-corrected chi connectivity index (χ1v) is 7.95. The minimum Gasteiger partial charge on any atom is -0.493 e. The molecule has 0 saturated carbocycles. The van der Waals surface area contributed by atoms with E-state index in [9.17, 15) is 9.59 Å². The van der Waals surface area contributed by atoms with Gasteiger partial charge in [-0.2, -0.15) is 0 Å². The Kier molecular flexibility index (Phi) is 6.41. The van der Waals surface area contributed by atoms with Crippen LogP contribution in [-0.4, -0.2) is 32.3 Å². The van der Waals surface area contributed by atoms with Gasteiger partial charge in [-0.15, -0.1) is 0 Å². The third-order valence-electron chi connectivity index (χ3n) is 3.49. The molecule has 24 heavy (non-hydrogen) atoms. The summed E-state index contributed by atoms with van der Waals surface area (Å²) in [5.41, 5.74) is 0.973. The van der Waals surface area contributed by atoms with Gasteiger partial charge in [-0.1, -0.05) is 34.6 Å². The van der Waals surface area contributed by atoms with Gasteiger partial charge in [0.25, 0.3) is 0 Å². The van der Waals surface area contributed by atoms with Gasteiger partial charge in [0.2, 0.25) is 0 Å². The van der Waals surface area contributed by atoms with Crippen molar-refractivity contribution >= 4 is 11.9 Å². The fourth-order valence-corrected chi connectivity index (χ4v) is 1.97. The van der Waals surface area contributed by atoms with Crippen LogP contribution >= 0.6 is 0 Å². The third-order valence-corrected chi connectivity index (χ3v) is 3.49. The van der Waals surface area contributed by atoms with Gasteiger partial charge >= 0.3 is 11.9 Å². The molecule has 0 fully saturated rings. The number of methoxy groups -OCH3 is 1. The lowest BCUT2D eigenvalue weighted by molar-refractivity contribution is -0.144. The Bertz CT molecular complexity index is 596. The van der Waals surface area contributed by atoms with Crippen LogP contribution in [0.4, 0.5) is 0 Å². The maximum Gasteiger partial charge on any atom is 0.337 e. The fourth-order valence-electron chi connectivity index (χ4n) is 1.97. The molecule has 0 radical (unpaired) electrons. The molecule has 0 heterocycles. The topological polar surface area (TPSA) is 61.8 Å². The van der Waals surface area contributed by atoms with Gasteiger partial charge in [0.15, 0.2) is 0 Å². The summed E-state index contributed by atoms with van der Waals surface area (Å²) < 4.78 is 15.8. The van der Waals surface area contributed by atoms with E-state index in [1.807, 2.05) is 26.0 Å². The molecule has 0 aromatic heterocycles. The van der Waals surface area contributed by atoms with Crippen LogP contribution in [0.2, 0.25) is 0 Å². The second kappa shape index (κ2) is 7.69. The number of carbonyl (C=O) groups excluding carboxylic acids is 2. The molecule has 0 N–H and O–H groups in total. The second-order valence-electron chi connectivity index (χ2n) is 7.72. The van der Waals surface area contributed by atoms with Crippen LogP contribution in [0.5, 0.6) is 5.75 Å². The predicted octanol–water partition coefficient (Wildman–Crippen LogP) is 3.74. The van der Waals surface area contributed by atoms with Crippen molar-refractivity contribution in [2.45, 2.75) is 47.0 Å². The Hall–Kier alpha value is -2.04. The van der Waals surface area contributed by atoms with Crippen molar-refractivity contribution in [1.82, 2.24) is 0 Å². The van der Waals surface area contributed by atoms with E-state index in [0.717, 1.165) is 5.56 Å². The van der Waals surface area contributed by atoms with Gasteiger partial charge in [0, 0.05) is 12.3 Å². The molecule has 134 valence electrons. The first-order valence-electron chi connectivity index (χ1n) is 7.95. The van der Waals surface area contributed by atoms with E-state index >= 15 is 0 Å². The second-order valence-corrected chi connectivity index (χ2v) is 7.72. The van der Waals surface area contributed by atoms with E-state index < -0.39 is 5.97 Å². The van der Waals surface area contributed by atoms with Crippen molar-refractivity contribution in [3.8, 4) is 5.75 Å². The van der Waals surface area contributed by atoms with E-state index in [-0.39, 0.29) is 23.4 Å². The molecular weight excluding hydrogens is 308 g/mol. The van der Waals surface area contributed by atoms with Crippen molar-refractivity contribution in [3.63, 3.8) is 0 Å². The van der Waals surface area contributed by atoms with E-state index in [4.69, 9.17) is 14.2 Å². The summed E-state index contributed by atoms with van der Waals surface area (Å²) in [4.78, 5) is 22.8. The average Bonchev–Trinajstić information content (AvgIpc) is 2.49. The number of hydrogen-bond donors (Lipinski definition) is 0. The zero-order valence-corrected chi connectivity index (χ0v) is 15.7. The summed E-state index contributed by atoms with van der Waals surface area (Å²) in [5.74, 6) is -0.116. The molecule has 0 bridgehead atoms. The van der Waals surface area contributed by atoms with E-state index in [2.05, 4.69) is 20.8 Å². The first-order chi connectivity index (χ1) is 10.9. The molecule has 0 amide bonds. The largest absolute Gasteiger partial charge is 0.493 e. The number of hydrogen-bond acceptors (Lipinski definition) is 5. The van der Waals surface area contributed by atoms with Crippen LogP contribution in [0.25, 0.3) is 0 Å². The normalized spacial score (nSPS) is 11.8. The number of rotatable bonds is 6. The van der Waals surface area contributed by atoms with E-state index in [1.54, 1.807) is 6.07 Å². The maximum absolute atomic E-state index is 11.9. The van der Waals surface area contributed by atoms with Gasteiger partial charge in [0.05, 0.1) is 25.9 Å². The van der Waals surface area contributed by atoms with Crippen molar-refractivity contribution < 1.29 is 23.8 Å². The van der Waals surface area contributed by atoms with E-state index in [0.29, 0.717) is 17.9 Å². The molecular formula is C19H28O5. The monoisotopic (exact) mass is 336 g/mol. The molecule has 1 rings (SSSR count). The molecule has 1 aromatic rings. The molecule has 0 aliphatic rings. The molecule has 0 aliphatic heterocycles. The summed E-state index contributed by atoms with van der Waals surface area (Å²) in [6.07, 6.45) is 0. The van der Waals surface area contributed by atoms with Gasteiger partial charge < -0.3 is 14.2 Å². The van der Waals surface area contributed by atoms with Gasteiger partial charge in [-0.25, -0.2) is 4.79 Å². The minimum atomic E-state index is -0.398. The lowest BCUT2D eigenvalue weighted by Gasteiger charge is -2.25. The molecule has 5 nitrogen and oxygen atoms in total. The number of ether oxygens (including phenoxy) is 3. The summed E-state index contributed by atoms with van der Waals surface area (Å²) in [6, 6.07) is 5.42. The molecule has 1 aromatic carbocycles. The molecule has 0 spiro atoms. The van der Waals surface area contributed by atoms with Crippen molar-refractivity contribution in [1.29, 1.82) is 0 Å². The zero-order chi connectivity index (χ0) is 18.5. The molecule has 0 aliphatic carbocycles. The van der Waals surface area contributed by atoms with Gasteiger partial charge in [0.1, 0.15) is 5.75 Å². The maximum atomic E-state index is 11.9. The van der Waals surface area contributed by atoms with Crippen LogP contribution in [-0.2, 0) is 19.7 Å². The Balaban J connectivity index is 2.98. The number of esters is 2. The Labute approximate surface area is 144 Å². The standard InChI is InChI=1S/C19H28O5/c1-13(20)23-11-19(5,6)12-24-16-9-14(17(21)22-7)8-15(10-16)18(2,3)4/h8-10H,11-12H2,1-7H3. The van der Waals surface area contributed by atoms with Crippen LogP contribution in [0.1, 0.15) is 57.5 Å². The molecule has 0 atom stereocenters. The summed E-state index contributed by atoms with van der Waals surface area (Å²) in [7, 11) is 1.36. The van der Waals surface area contributed by atoms with Crippen molar-refractivity contribution in [3.05, 3.63) is 29.3 Å². The highest BCUT2D eigenvalue weighted by Crippen LogP contribution is 2.29. The highest BCUT2D eigenvalue weighted by molar-refractivity contribution is 5.90. The molecule has 0 saturated heterocycles. The molecule has 5 heteroatoms. The Morgan fingerprint density at radius 2 is 1.62 bits per heavy atom. The first kappa shape index (κ1) is 20.0. The van der Waals surface area contributed by atoms with Gasteiger partial charge in [-0.05, 0) is 29.2 Å². The lowest BCUT2D eigenvalue weighted by Crippen LogP contribution is -2.28.